The molecule has 2 aromatic rings. The lowest BCUT2D eigenvalue weighted by Gasteiger charge is -2.15. The van der Waals surface area contributed by atoms with Gasteiger partial charge in [0.1, 0.15) is 11.5 Å². The average molecular weight is 282 g/mol. The van der Waals surface area contributed by atoms with E-state index in [0.29, 0.717) is 24.9 Å². The molecule has 0 aliphatic rings. The summed E-state index contributed by atoms with van der Waals surface area (Å²) >= 11 is 0. The Bertz CT molecular complexity index is 650. The van der Waals surface area contributed by atoms with Gasteiger partial charge < -0.3 is 9.32 Å². The lowest BCUT2D eigenvalue weighted by Crippen LogP contribution is -2.26. The molecule has 0 fully saturated rings. The highest BCUT2D eigenvalue weighted by Gasteiger charge is 2.11. The van der Waals surface area contributed by atoms with Crippen LogP contribution in [-0.2, 0) is 17.8 Å². The molecule has 0 radical (unpaired) electrons. The predicted octanol–water partition coefficient (Wildman–Crippen LogP) is 3.05. The van der Waals surface area contributed by atoms with E-state index in [1.807, 2.05) is 31.2 Å². The zero-order valence-corrected chi connectivity index (χ0v) is 12.3. The molecule has 4 heteroatoms. The molecule has 0 atom stereocenters. The number of benzene rings is 1. The normalized spacial score (nSPS) is 10.1. The van der Waals surface area contributed by atoms with E-state index in [2.05, 4.69) is 6.07 Å². The zero-order valence-electron chi connectivity index (χ0n) is 12.3. The molecule has 1 amide bonds. The van der Waals surface area contributed by atoms with E-state index in [9.17, 15) is 4.79 Å². The van der Waals surface area contributed by atoms with Crippen molar-refractivity contribution in [3.63, 3.8) is 0 Å². The van der Waals surface area contributed by atoms with E-state index in [1.54, 1.807) is 24.1 Å². The Hall–Kier alpha value is -2.54. The third kappa shape index (κ3) is 4.22. The van der Waals surface area contributed by atoms with E-state index in [1.165, 1.54) is 0 Å². The summed E-state index contributed by atoms with van der Waals surface area (Å²) in [6, 6.07) is 13.2. The van der Waals surface area contributed by atoms with E-state index in [-0.39, 0.29) is 5.91 Å². The van der Waals surface area contributed by atoms with Gasteiger partial charge in [0.15, 0.2) is 0 Å². The standard InChI is InChI=1S/C17H18N2O2/c1-13-3-9-16(21-13)12-19(2)17(20)10-8-14-4-6-15(11-18)7-5-14/h3-7,9H,8,10,12H2,1-2H3. The number of aryl methyl sites for hydroxylation is 2. The van der Waals surface area contributed by atoms with Crippen LogP contribution in [-0.4, -0.2) is 17.9 Å². The molecule has 21 heavy (non-hydrogen) atoms. The first-order valence-corrected chi connectivity index (χ1v) is 6.87. The number of hydrogen-bond donors (Lipinski definition) is 0. The number of hydrogen-bond acceptors (Lipinski definition) is 3. The minimum atomic E-state index is 0.0772. The summed E-state index contributed by atoms with van der Waals surface area (Å²) in [7, 11) is 1.78. The van der Waals surface area contributed by atoms with Crippen LogP contribution in [0, 0.1) is 18.3 Å². The topological polar surface area (TPSA) is 57.2 Å². The molecule has 0 saturated carbocycles. The Kier molecular flexibility index (Phi) is 4.78. The Morgan fingerprint density at radius 3 is 2.52 bits per heavy atom. The van der Waals surface area contributed by atoms with Gasteiger partial charge in [-0.2, -0.15) is 5.26 Å². The fourth-order valence-electron chi connectivity index (χ4n) is 2.08. The van der Waals surface area contributed by atoms with Crippen LogP contribution in [0.15, 0.2) is 40.8 Å². The van der Waals surface area contributed by atoms with Gasteiger partial charge in [-0.15, -0.1) is 0 Å². The average Bonchev–Trinajstić information content (AvgIpc) is 2.90. The Morgan fingerprint density at radius 1 is 1.24 bits per heavy atom. The molecule has 0 saturated heterocycles. The van der Waals surface area contributed by atoms with Gasteiger partial charge in [-0.05, 0) is 43.2 Å². The second-order valence-corrected chi connectivity index (χ2v) is 5.07. The van der Waals surface area contributed by atoms with Crippen LogP contribution >= 0.6 is 0 Å². The minimum absolute atomic E-state index is 0.0772. The van der Waals surface area contributed by atoms with Crippen LogP contribution in [0.5, 0.6) is 0 Å². The Balaban J connectivity index is 1.84. The van der Waals surface area contributed by atoms with E-state index in [4.69, 9.17) is 9.68 Å². The van der Waals surface area contributed by atoms with Crippen LogP contribution < -0.4 is 0 Å². The van der Waals surface area contributed by atoms with Crippen molar-refractivity contribution in [2.24, 2.45) is 0 Å². The summed E-state index contributed by atoms with van der Waals surface area (Å²) in [6.07, 6.45) is 1.12. The van der Waals surface area contributed by atoms with Crippen molar-refractivity contribution < 1.29 is 9.21 Å². The van der Waals surface area contributed by atoms with Gasteiger partial charge in [0.05, 0.1) is 18.2 Å². The fourth-order valence-corrected chi connectivity index (χ4v) is 2.08. The molecule has 0 bridgehead atoms. The second-order valence-electron chi connectivity index (χ2n) is 5.07. The van der Waals surface area contributed by atoms with Crippen molar-refractivity contribution in [3.05, 3.63) is 59.0 Å². The van der Waals surface area contributed by atoms with Crippen molar-refractivity contribution in [3.8, 4) is 6.07 Å². The van der Waals surface area contributed by atoms with Crippen molar-refractivity contribution >= 4 is 5.91 Å². The number of furan rings is 1. The van der Waals surface area contributed by atoms with Gasteiger partial charge in [0, 0.05) is 13.5 Å². The van der Waals surface area contributed by atoms with Crippen LogP contribution in [0.3, 0.4) is 0 Å². The van der Waals surface area contributed by atoms with E-state index >= 15 is 0 Å². The fraction of sp³-hybridized carbons (Fsp3) is 0.294. The zero-order chi connectivity index (χ0) is 15.2. The van der Waals surface area contributed by atoms with Crippen molar-refractivity contribution in [1.29, 1.82) is 5.26 Å². The summed E-state index contributed by atoms with van der Waals surface area (Å²) in [5.41, 5.74) is 1.69. The van der Waals surface area contributed by atoms with Crippen LogP contribution in [0.1, 0.15) is 29.1 Å². The predicted molar refractivity (Wildman–Crippen MR) is 79.4 cm³/mol. The molecule has 0 unspecified atom stereocenters. The van der Waals surface area contributed by atoms with Gasteiger partial charge in [0.2, 0.25) is 5.91 Å². The molecule has 108 valence electrons. The smallest absolute Gasteiger partial charge is 0.223 e. The van der Waals surface area contributed by atoms with Crippen molar-refractivity contribution in [2.75, 3.05) is 7.05 Å². The molecule has 0 aliphatic heterocycles. The first kappa shape index (κ1) is 14.9. The van der Waals surface area contributed by atoms with Gasteiger partial charge in [-0.1, -0.05) is 12.1 Å². The highest BCUT2D eigenvalue weighted by Crippen LogP contribution is 2.11. The Morgan fingerprint density at radius 2 is 1.95 bits per heavy atom. The monoisotopic (exact) mass is 282 g/mol. The maximum atomic E-state index is 12.1. The maximum absolute atomic E-state index is 12.1. The quantitative estimate of drug-likeness (QED) is 0.847. The molecule has 2 rings (SSSR count). The van der Waals surface area contributed by atoms with Gasteiger partial charge in [0.25, 0.3) is 0 Å². The van der Waals surface area contributed by atoms with Crippen molar-refractivity contribution in [1.82, 2.24) is 4.90 Å². The first-order valence-electron chi connectivity index (χ1n) is 6.87. The summed E-state index contributed by atoms with van der Waals surface area (Å²) < 4.78 is 5.47. The number of nitrogens with zero attached hydrogens (tertiary/aromatic N) is 2. The van der Waals surface area contributed by atoms with Crippen LogP contribution in [0.25, 0.3) is 0 Å². The second kappa shape index (κ2) is 6.76. The third-order valence-electron chi connectivity index (χ3n) is 3.33. The van der Waals surface area contributed by atoms with Crippen LogP contribution in [0.2, 0.25) is 0 Å². The van der Waals surface area contributed by atoms with Crippen molar-refractivity contribution in [2.45, 2.75) is 26.3 Å². The highest BCUT2D eigenvalue weighted by molar-refractivity contribution is 5.76. The third-order valence-corrected chi connectivity index (χ3v) is 3.33. The Labute approximate surface area is 124 Å². The molecule has 0 spiro atoms. The lowest BCUT2D eigenvalue weighted by molar-refractivity contribution is -0.130. The molecule has 4 nitrogen and oxygen atoms in total. The highest BCUT2D eigenvalue weighted by atomic mass is 16.3. The number of rotatable bonds is 5. The number of carbonyl (C=O) groups is 1. The SMILES string of the molecule is Cc1ccc(CN(C)C(=O)CCc2ccc(C#N)cc2)o1. The largest absolute Gasteiger partial charge is 0.464 e. The summed E-state index contributed by atoms with van der Waals surface area (Å²) in [5, 5.41) is 8.74. The molecule has 0 aliphatic carbocycles. The molecule has 0 N–H and O–H groups in total. The minimum Gasteiger partial charge on any atom is -0.464 e. The molecule has 1 heterocycles. The lowest BCUT2D eigenvalue weighted by atomic mass is 10.1. The molecule has 1 aromatic heterocycles. The number of carbonyl (C=O) groups excluding carboxylic acids is 1. The summed E-state index contributed by atoms with van der Waals surface area (Å²) in [4.78, 5) is 13.8. The van der Waals surface area contributed by atoms with Crippen LogP contribution in [0.4, 0.5) is 0 Å². The summed E-state index contributed by atoms with van der Waals surface area (Å²) in [5.74, 6) is 1.72. The summed E-state index contributed by atoms with van der Waals surface area (Å²) in [6.45, 7) is 2.37. The van der Waals surface area contributed by atoms with E-state index in [0.717, 1.165) is 17.1 Å². The number of nitriles is 1. The van der Waals surface area contributed by atoms with Gasteiger partial charge in [-0.25, -0.2) is 0 Å². The number of amides is 1. The maximum Gasteiger partial charge on any atom is 0.223 e. The van der Waals surface area contributed by atoms with Gasteiger partial charge in [-0.3, -0.25) is 4.79 Å². The molecule has 1 aromatic carbocycles. The molecular weight excluding hydrogens is 264 g/mol. The molecular formula is C17H18N2O2. The van der Waals surface area contributed by atoms with Gasteiger partial charge >= 0.3 is 0 Å². The van der Waals surface area contributed by atoms with E-state index < -0.39 is 0 Å². The first-order chi connectivity index (χ1) is 10.1.